The molecule has 0 radical (unpaired) electrons. The van der Waals surface area contributed by atoms with Crippen LogP contribution >= 0.6 is 0 Å². The molecule has 28 heavy (non-hydrogen) atoms. The van der Waals surface area contributed by atoms with Crippen molar-refractivity contribution in [2.24, 2.45) is 11.8 Å². The van der Waals surface area contributed by atoms with E-state index in [9.17, 15) is 20.1 Å². The average Bonchev–Trinajstić information content (AvgIpc) is 2.94. The molecule has 2 rings (SSSR count). The van der Waals surface area contributed by atoms with Gasteiger partial charge in [0, 0.05) is 18.8 Å². The van der Waals surface area contributed by atoms with Crippen LogP contribution in [0.5, 0.6) is 0 Å². The van der Waals surface area contributed by atoms with Gasteiger partial charge in [-0.2, -0.15) is 0 Å². The maximum atomic E-state index is 10.5. The summed E-state index contributed by atoms with van der Waals surface area (Å²) in [6.45, 7) is 0. The molecule has 0 amide bonds. The van der Waals surface area contributed by atoms with Crippen molar-refractivity contribution in [1.82, 2.24) is 0 Å². The van der Waals surface area contributed by atoms with E-state index < -0.39 is 24.3 Å². The molecule has 0 spiro atoms. The maximum Gasteiger partial charge on any atom is 0.303 e. The quantitative estimate of drug-likeness (QED) is 0.345. The molecule has 154 valence electrons. The third-order valence-corrected chi connectivity index (χ3v) is 5.38. The zero-order chi connectivity index (χ0) is 20.4. The first kappa shape index (κ1) is 22.3. The van der Waals surface area contributed by atoms with Gasteiger partial charge < -0.3 is 20.4 Å². The molecule has 1 saturated carbocycles. The zero-order valence-electron chi connectivity index (χ0n) is 16.2. The predicted octanol–water partition coefficient (Wildman–Crippen LogP) is 3.10. The van der Waals surface area contributed by atoms with Crippen molar-refractivity contribution >= 4 is 5.97 Å². The number of aryl methyl sites for hydroxylation is 1. The molecule has 5 nitrogen and oxygen atoms in total. The third-order valence-electron chi connectivity index (χ3n) is 5.38. The number of benzene rings is 1. The molecule has 1 aliphatic carbocycles. The van der Waals surface area contributed by atoms with Crippen molar-refractivity contribution in [1.29, 1.82) is 0 Å². The summed E-state index contributed by atoms with van der Waals surface area (Å²) >= 11 is 0. The van der Waals surface area contributed by atoms with Gasteiger partial charge in [-0.05, 0) is 43.6 Å². The summed E-state index contributed by atoms with van der Waals surface area (Å²) in [7, 11) is 0. The third kappa shape index (κ3) is 7.58. The lowest BCUT2D eigenvalue weighted by Crippen LogP contribution is -2.20. The number of carbonyl (C=O) groups is 1. The Morgan fingerprint density at radius 1 is 1.14 bits per heavy atom. The molecule has 1 fully saturated rings. The Bertz CT molecular complexity index is 640. The first-order valence-electron chi connectivity index (χ1n) is 10.1. The molecule has 5 atom stereocenters. The van der Waals surface area contributed by atoms with E-state index in [1.165, 1.54) is 5.56 Å². The van der Waals surface area contributed by atoms with Gasteiger partial charge >= 0.3 is 5.97 Å². The summed E-state index contributed by atoms with van der Waals surface area (Å²) in [4.78, 5) is 10.5. The van der Waals surface area contributed by atoms with Crippen molar-refractivity contribution in [3.63, 3.8) is 0 Å². The number of aliphatic hydroxyl groups is 3. The second-order valence-corrected chi connectivity index (χ2v) is 7.58. The molecular formula is C23H32O5. The lowest BCUT2D eigenvalue weighted by atomic mass is 9.89. The van der Waals surface area contributed by atoms with Crippen LogP contribution in [0.15, 0.2) is 54.6 Å². The Morgan fingerprint density at radius 2 is 1.89 bits per heavy atom. The number of hydrogen-bond donors (Lipinski definition) is 4. The fraction of sp³-hybridized carbons (Fsp3) is 0.522. The van der Waals surface area contributed by atoms with E-state index in [0.29, 0.717) is 32.1 Å². The minimum atomic E-state index is -0.793. The topological polar surface area (TPSA) is 98.0 Å². The number of aliphatic carboxylic acids is 1. The highest BCUT2D eigenvalue weighted by Gasteiger charge is 2.39. The van der Waals surface area contributed by atoms with Gasteiger partial charge in [-0.3, -0.25) is 4.79 Å². The Balaban J connectivity index is 1.82. The highest BCUT2D eigenvalue weighted by Crippen LogP contribution is 2.36. The molecule has 0 heterocycles. The molecule has 0 aromatic heterocycles. The van der Waals surface area contributed by atoms with E-state index >= 15 is 0 Å². The SMILES string of the molecule is O=C(O)CCCC=CC[C@@H]1C(C=CC(O)CCc2ccccc2)[C@H](O)C[C@@H]1O. The number of unbranched alkanes of at least 4 members (excludes halogenated alkanes) is 1. The first-order chi connectivity index (χ1) is 13.5. The van der Waals surface area contributed by atoms with E-state index in [0.717, 1.165) is 6.42 Å². The van der Waals surface area contributed by atoms with E-state index in [4.69, 9.17) is 5.11 Å². The van der Waals surface area contributed by atoms with Gasteiger partial charge in [-0.15, -0.1) is 0 Å². The normalized spacial score (nSPS) is 26.2. The standard InChI is InChI=1S/C23H32O5/c24-18(13-12-17-8-4-3-5-9-17)14-15-20-19(21(25)16-22(20)26)10-6-1-2-7-11-23(27)28/h1,3-6,8-9,14-15,18-22,24-26H,2,7,10-13,16H2,(H,27,28)/t18?,19-,20?,21+,22-/m1/s1. The smallest absolute Gasteiger partial charge is 0.303 e. The first-order valence-corrected chi connectivity index (χ1v) is 10.1. The van der Waals surface area contributed by atoms with Gasteiger partial charge in [0.05, 0.1) is 18.3 Å². The second kappa shape index (κ2) is 11.8. The van der Waals surface area contributed by atoms with Crippen LogP contribution in [0.4, 0.5) is 0 Å². The molecule has 1 aliphatic rings. The number of carboxylic acids is 1. The minimum absolute atomic E-state index is 0.0942. The van der Waals surface area contributed by atoms with Crippen LogP contribution in [0.2, 0.25) is 0 Å². The van der Waals surface area contributed by atoms with E-state index in [1.54, 1.807) is 6.08 Å². The van der Waals surface area contributed by atoms with Gasteiger partial charge in [-0.1, -0.05) is 54.6 Å². The monoisotopic (exact) mass is 388 g/mol. The Morgan fingerprint density at radius 3 is 2.61 bits per heavy atom. The summed E-state index contributed by atoms with van der Waals surface area (Å²) in [5.74, 6) is -1.08. The van der Waals surface area contributed by atoms with Crippen LogP contribution in [-0.2, 0) is 11.2 Å². The van der Waals surface area contributed by atoms with Crippen LogP contribution in [0.25, 0.3) is 0 Å². The van der Waals surface area contributed by atoms with Gasteiger partial charge in [0.1, 0.15) is 0 Å². The number of carboxylic acid groups (broad SMARTS) is 1. The second-order valence-electron chi connectivity index (χ2n) is 7.58. The molecule has 1 aromatic rings. The highest BCUT2D eigenvalue weighted by atomic mass is 16.4. The molecule has 2 unspecified atom stereocenters. The lowest BCUT2D eigenvalue weighted by molar-refractivity contribution is -0.137. The Kier molecular flexibility index (Phi) is 9.41. The Hall–Kier alpha value is -1.95. The summed E-state index contributed by atoms with van der Waals surface area (Å²) < 4.78 is 0. The lowest BCUT2D eigenvalue weighted by Gasteiger charge is -2.19. The summed E-state index contributed by atoms with van der Waals surface area (Å²) in [6, 6.07) is 9.99. The van der Waals surface area contributed by atoms with Gasteiger partial charge in [0.2, 0.25) is 0 Å². The number of hydrogen-bond acceptors (Lipinski definition) is 4. The number of allylic oxidation sites excluding steroid dienone is 2. The van der Waals surface area contributed by atoms with Crippen LogP contribution in [-0.4, -0.2) is 44.7 Å². The summed E-state index contributed by atoms with van der Waals surface area (Å²) in [6.07, 6.45) is 9.51. The summed E-state index contributed by atoms with van der Waals surface area (Å²) in [5.41, 5.74) is 1.18. The van der Waals surface area contributed by atoms with Crippen molar-refractivity contribution < 1.29 is 25.2 Å². The summed E-state index contributed by atoms with van der Waals surface area (Å²) in [5, 5.41) is 39.4. The zero-order valence-corrected chi connectivity index (χ0v) is 16.2. The fourth-order valence-electron chi connectivity index (χ4n) is 3.76. The van der Waals surface area contributed by atoms with Crippen LogP contribution in [0.3, 0.4) is 0 Å². The molecule has 0 saturated heterocycles. The van der Waals surface area contributed by atoms with E-state index in [2.05, 4.69) is 0 Å². The largest absolute Gasteiger partial charge is 0.481 e. The minimum Gasteiger partial charge on any atom is -0.481 e. The molecule has 4 N–H and O–H groups in total. The molecule has 0 aliphatic heterocycles. The average molecular weight is 389 g/mol. The Labute approximate surface area is 167 Å². The molecule has 0 bridgehead atoms. The predicted molar refractivity (Wildman–Crippen MR) is 109 cm³/mol. The molecular weight excluding hydrogens is 356 g/mol. The van der Waals surface area contributed by atoms with Crippen molar-refractivity contribution in [3.8, 4) is 0 Å². The van der Waals surface area contributed by atoms with Gasteiger partial charge in [0.25, 0.3) is 0 Å². The molecule has 5 heteroatoms. The fourth-order valence-corrected chi connectivity index (χ4v) is 3.76. The number of rotatable bonds is 11. The van der Waals surface area contributed by atoms with Crippen molar-refractivity contribution in [3.05, 3.63) is 60.2 Å². The van der Waals surface area contributed by atoms with Gasteiger partial charge in [-0.25, -0.2) is 0 Å². The van der Waals surface area contributed by atoms with Crippen LogP contribution in [0, 0.1) is 11.8 Å². The van der Waals surface area contributed by atoms with Gasteiger partial charge in [0.15, 0.2) is 0 Å². The highest BCUT2D eigenvalue weighted by molar-refractivity contribution is 5.66. The maximum absolute atomic E-state index is 10.5. The molecule has 1 aromatic carbocycles. The van der Waals surface area contributed by atoms with Crippen molar-refractivity contribution in [2.45, 2.75) is 63.3 Å². The van der Waals surface area contributed by atoms with E-state index in [1.807, 2.05) is 48.6 Å². The van der Waals surface area contributed by atoms with E-state index in [-0.39, 0.29) is 18.3 Å². The van der Waals surface area contributed by atoms with Crippen molar-refractivity contribution in [2.75, 3.05) is 0 Å². The number of aliphatic hydroxyl groups excluding tert-OH is 3. The van der Waals surface area contributed by atoms with Crippen LogP contribution in [0.1, 0.15) is 44.1 Å². The van der Waals surface area contributed by atoms with Crippen LogP contribution < -0.4 is 0 Å².